The molecule has 0 unspecified atom stereocenters. The number of aliphatic hydroxyl groups excluding tert-OH is 1. The van der Waals surface area contributed by atoms with Gasteiger partial charge in [-0.25, -0.2) is 0 Å². The molecule has 1 fully saturated rings. The van der Waals surface area contributed by atoms with Gasteiger partial charge >= 0.3 is 0 Å². The summed E-state index contributed by atoms with van der Waals surface area (Å²) >= 11 is 0. The second-order valence-corrected chi connectivity index (χ2v) is 8.25. The zero-order valence-corrected chi connectivity index (χ0v) is 17.0. The number of aliphatic hydroxyl groups is 1. The van der Waals surface area contributed by atoms with E-state index in [2.05, 4.69) is 41.8 Å². The summed E-state index contributed by atoms with van der Waals surface area (Å²) in [6.45, 7) is 7.86. The Balaban J connectivity index is 1.48. The van der Waals surface area contributed by atoms with E-state index in [-0.39, 0.29) is 17.4 Å². The molecule has 4 rings (SSSR count). The third-order valence-electron chi connectivity index (χ3n) is 6.40. The molecule has 0 amide bonds. The largest absolute Gasteiger partial charge is 0.393 e. The van der Waals surface area contributed by atoms with Gasteiger partial charge in [0, 0.05) is 50.4 Å². The fourth-order valence-corrected chi connectivity index (χ4v) is 4.72. The lowest BCUT2D eigenvalue weighted by Crippen LogP contribution is -2.56. The number of nitro groups is 1. The van der Waals surface area contributed by atoms with E-state index in [4.69, 9.17) is 5.73 Å². The van der Waals surface area contributed by atoms with Crippen LogP contribution in [0.15, 0.2) is 30.3 Å². The number of anilines is 2. The van der Waals surface area contributed by atoms with Crippen molar-refractivity contribution >= 4 is 17.1 Å². The lowest BCUT2D eigenvalue weighted by molar-refractivity contribution is -0.384. The Hall–Kier alpha value is -2.64. The van der Waals surface area contributed by atoms with E-state index in [9.17, 15) is 15.2 Å². The molecule has 7 heteroatoms. The second-order valence-electron chi connectivity index (χ2n) is 8.25. The summed E-state index contributed by atoms with van der Waals surface area (Å²) in [6.07, 6.45) is 0.464. The fourth-order valence-electron chi connectivity index (χ4n) is 4.72. The molecule has 0 bridgehead atoms. The molecule has 154 valence electrons. The van der Waals surface area contributed by atoms with Gasteiger partial charge in [-0.1, -0.05) is 18.2 Å². The van der Waals surface area contributed by atoms with Gasteiger partial charge in [-0.15, -0.1) is 0 Å². The summed E-state index contributed by atoms with van der Waals surface area (Å²) in [5, 5.41) is 21.9. The molecule has 1 saturated heterocycles. The van der Waals surface area contributed by atoms with Crippen LogP contribution in [0, 0.1) is 24.0 Å². The van der Waals surface area contributed by atoms with Crippen molar-refractivity contribution in [1.82, 2.24) is 4.90 Å². The maximum absolute atomic E-state index is 11.1. The summed E-state index contributed by atoms with van der Waals surface area (Å²) in [5.41, 5.74) is 11.7. The first-order valence-corrected chi connectivity index (χ1v) is 10.1. The van der Waals surface area contributed by atoms with Crippen LogP contribution in [-0.4, -0.2) is 53.3 Å². The van der Waals surface area contributed by atoms with Gasteiger partial charge in [-0.3, -0.25) is 15.0 Å². The zero-order valence-electron chi connectivity index (χ0n) is 17.0. The van der Waals surface area contributed by atoms with Crippen molar-refractivity contribution in [2.75, 3.05) is 36.8 Å². The molecule has 2 aromatic carbocycles. The highest BCUT2D eigenvalue weighted by Crippen LogP contribution is 2.35. The maximum atomic E-state index is 11.1. The number of nitro benzene ring substituents is 1. The number of benzene rings is 2. The van der Waals surface area contributed by atoms with Gasteiger partial charge in [-0.05, 0) is 48.6 Å². The van der Waals surface area contributed by atoms with Crippen molar-refractivity contribution in [2.45, 2.75) is 38.8 Å². The van der Waals surface area contributed by atoms with E-state index >= 15 is 0 Å². The van der Waals surface area contributed by atoms with Crippen LogP contribution < -0.4 is 10.6 Å². The summed E-state index contributed by atoms with van der Waals surface area (Å²) in [7, 11) is 0. The van der Waals surface area contributed by atoms with Crippen LogP contribution in [0.2, 0.25) is 0 Å². The van der Waals surface area contributed by atoms with Crippen molar-refractivity contribution in [3.05, 3.63) is 62.7 Å². The first kappa shape index (κ1) is 19.7. The second kappa shape index (κ2) is 7.65. The average molecular weight is 396 g/mol. The summed E-state index contributed by atoms with van der Waals surface area (Å²) in [5.74, 6) is 0. The van der Waals surface area contributed by atoms with E-state index in [1.807, 2.05) is 0 Å². The van der Waals surface area contributed by atoms with Crippen LogP contribution in [0.3, 0.4) is 0 Å². The first-order valence-electron chi connectivity index (χ1n) is 10.1. The minimum atomic E-state index is -0.570. The SMILES string of the molecule is Cc1ccc(C)c(N2CCN([C@@H]3Cc4ccc([N+](=O)[O-])c(N)c4C[C@H]3O)CC2)c1. The first-order chi connectivity index (χ1) is 13.8. The highest BCUT2D eigenvalue weighted by molar-refractivity contribution is 5.66. The third-order valence-corrected chi connectivity index (χ3v) is 6.40. The van der Waals surface area contributed by atoms with E-state index in [1.165, 1.54) is 22.9 Å². The number of nitrogens with two attached hydrogens (primary N) is 1. The Bertz CT molecular complexity index is 938. The van der Waals surface area contributed by atoms with Gasteiger partial charge in [0.05, 0.1) is 11.0 Å². The number of hydrogen-bond donors (Lipinski definition) is 2. The van der Waals surface area contributed by atoms with E-state index in [0.29, 0.717) is 12.8 Å². The minimum Gasteiger partial charge on any atom is -0.393 e. The van der Waals surface area contributed by atoms with Crippen molar-refractivity contribution in [1.29, 1.82) is 0 Å². The van der Waals surface area contributed by atoms with E-state index < -0.39 is 11.0 Å². The zero-order chi connectivity index (χ0) is 20.7. The molecular formula is C22H28N4O3. The van der Waals surface area contributed by atoms with Crippen LogP contribution >= 0.6 is 0 Å². The molecule has 2 aromatic rings. The highest BCUT2D eigenvalue weighted by Gasteiger charge is 2.35. The molecule has 2 aliphatic rings. The lowest BCUT2D eigenvalue weighted by Gasteiger charge is -2.44. The lowest BCUT2D eigenvalue weighted by atomic mass is 9.83. The van der Waals surface area contributed by atoms with Crippen LogP contribution in [0.5, 0.6) is 0 Å². The van der Waals surface area contributed by atoms with Crippen LogP contribution in [0.4, 0.5) is 17.1 Å². The average Bonchev–Trinajstić information content (AvgIpc) is 2.70. The van der Waals surface area contributed by atoms with E-state index in [0.717, 1.165) is 37.3 Å². The minimum absolute atomic E-state index is 0.0177. The van der Waals surface area contributed by atoms with Crippen molar-refractivity contribution in [3.8, 4) is 0 Å². The topological polar surface area (TPSA) is 95.9 Å². The van der Waals surface area contributed by atoms with Gasteiger partial charge in [0.2, 0.25) is 0 Å². The Labute approximate surface area is 170 Å². The Kier molecular flexibility index (Phi) is 5.19. The van der Waals surface area contributed by atoms with Crippen molar-refractivity contribution < 1.29 is 10.0 Å². The van der Waals surface area contributed by atoms with E-state index in [1.54, 1.807) is 6.07 Å². The third kappa shape index (κ3) is 3.68. The summed E-state index contributed by atoms with van der Waals surface area (Å²) in [6, 6.07) is 9.86. The Morgan fingerprint density at radius 1 is 1.10 bits per heavy atom. The number of nitrogens with zero attached hydrogens (tertiary/aromatic N) is 3. The Morgan fingerprint density at radius 2 is 1.83 bits per heavy atom. The molecule has 1 aliphatic heterocycles. The van der Waals surface area contributed by atoms with Crippen LogP contribution in [-0.2, 0) is 12.8 Å². The molecular weight excluding hydrogens is 368 g/mol. The normalized spacial score (nSPS) is 22.4. The van der Waals surface area contributed by atoms with Gasteiger partial charge in [0.1, 0.15) is 5.69 Å². The molecule has 1 aliphatic carbocycles. The maximum Gasteiger partial charge on any atom is 0.292 e. The number of nitrogen functional groups attached to an aromatic ring is 1. The monoisotopic (exact) mass is 396 g/mol. The smallest absolute Gasteiger partial charge is 0.292 e. The molecule has 0 aromatic heterocycles. The van der Waals surface area contributed by atoms with Gasteiger partial charge in [-0.2, -0.15) is 0 Å². The molecule has 2 atom stereocenters. The molecule has 29 heavy (non-hydrogen) atoms. The number of fused-ring (bicyclic) bond motifs is 1. The van der Waals surface area contributed by atoms with Gasteiger partial charge < -0.3 is 15.7 Å². The number of rotatable bonds is 3. The summed E-state index contributed by atoms with van der Waals surface area (Å²) < 4.78 is 0. The Morgan fingerprint density at radius 3 is 2.52 bits per heavy atom. The number of aryl methyl sites for hydroxylation is 2. The molecule has 0 saturated carbocycles. The predicted octanol–water partition coefficient (Wildman–Crippen LogP) is 2.44. The highest BCUT2D eigenvalue weighted by atomic mass is 16.6. The van der Waals surface area contributed by atoms with Gasteiger partial charge in [0.15, 0.2) is 0 Å². The summed E-state index contributed by atoms with van der Waals surface area (Å²) in [4.78, 5) is 15.5. The standard InChI is InChI=1S/C22H28N4O3/c1-14-3-4-15(2)19(11-14)24-7-9-25(10-8-24)20-12-16-5-6-18(26(28)29)22(23)17(16)13-21(20)27/h3-6,11,20-21,27H,7-10,12-13,23H2,1-2H3/t20-,21-/m1/s1. The van der Waals surface area contributed by atoms with Gasteiger partial charge in [0.25, 0.3) is 5.69 Å². The predicted molar refractivity (Wildman–Crippen MR) is 114 cm³/mol. The van der Waals surface area contributed by atoms with Crippen molar-refractivity contribution in [2.24, 2.45) is 0 Å². The quantitative estimate of drug-likeness (QED) is 0.470. The number of hydrogen-bond acceptors (Lipinski definition) is 6. The fraction of sp³-hybridized carbons (Fsp3) is 0.455. The van der Waals surface area contributed by atoms with Crippen LogP contribution in [0.25, 0.3) is 0 Å². The molecule has 1 heterocycles. The van der Waals surface area contributed by atoms with Crippen molar-refractivity contribution in [3.63, 3.8) is 0 Å². The number of piperazine rings is 1. The molecule has 7 nitrogen and oxygen atoms in total. The molecule has 3 N–H and O–H groups in total. The molecule has 0 radical (unpaired) electrons. The van der Waals surface area contributed by atoms with Crippen LogP contribution in [0.1, 0.15) is 22.3 Å². The molecule has 0 spiro atoms.